The Labute approximate surface area is 196 Å². The first-order chi connectivity index (χ1) is 16.2. The van der Waals surface area contributed by atoms with E-state index in [9.17, 15) is 23.1 Å². The van der Waals surface area contributed by atoms with Crippen molar-refractivity contribution >= 4 is 32.6 Å². The lowest BCUT2D eigenvalue weighted by molar-refractivity contribution is -0.135. The van der Waals surface area contributed by atoms with Crippen molar-refractivity contribution in [2.75, 3.05) is 26.4 Å². The Kier molecular flexibility index (Phi) is 8.03. The highest BCUT2D eigenvalue weighted by molar-refractivity contribution is 7.91. The average molecular weight is 489 g/mol. The third-order valence-corrected chi connectivity index (χ3v) is 6.50. The summed E-state index contributed by atoms with van der Waals surface area (Å²) in [6.07, 6.45) is 0.717. The molecular formula is C23H24N2O8S. The fraction of sp³-hybridized carbons (Fsp3) is 0.261. The summed E-state index contributed by atoms with van der Waals surface area (Å²) in [4.78, 5) is 26.7. The van der Waals surface area contributed by atoms with Gasteiger partial charge in [0.25, 0.3) is 5.91 Å². The van der Waals surface area contributed by atoms with Crippen LogP contribution in [0.1, 0.15) is 23.8 Å². The van der Waals surface area contributed by atoms with Gasteiger partial charge in [0.15, 0.2) is 5.69 Å². The summed E-state index contributed by atoms with van der Waals surface area (Å²) in [6, 6.07) is 11.3. The lowest BCUT2D eigenvalue weighted by Crippen LogP contribution is -2.29. The maximum absolute atomic E-state index is 13.1. The van der Waals surface area contributed by atoms with Crippen LogP contribution in [0, 0.1) is 0 Å². The van der Waals surface area contributed by atoms with Gasteiger partial charge in [-0.05, 0) is 55.5 Å². The van der Waals surface area contributed by atoms with E-state index >= 15 is 0 Å². The zero-order chi connectivity index (χ0) is 24.7. The molecule has 0 radical (unpaired) electrons. The molecule has 0 atom stereocenters. The normalized spacial score (nSPS) is 11.3. The van der Waals surface area contributed by atoms with Gasteiger partial charge in [0.05, 0.1) is 21.9 Å². The summed E-state index contributed by atoms with van der Waals surface area (Å²) in [6.45, 7) is 2.95. The van der Waals surface area contributed by atoms with Crippen LogP contribution >= 0.6 is 0 Å². The van der Waals surface area contributed by atoms with Crippen LogP contribution in [0.2, 0.25) is 0 Å². The van der Waals surface area contributed by atoms with Gasteiger partial charge in [0, 0.05) is 25.0 Å². The van der Waals surface area contributed by atoms with Crippen LogP contribution in [0.4, 0.5) is 0 Å². The van der Waals surface area contributed by atoms with E-state index < -0.39 is 34.0 Å². The minimum Gasteiger partial charge on any atom is -0.505 e. The number of amides is 1. The van der Waals surface area contributed by atoms with Crippen molar-refractivity contribution in [3.05, 3.63) is 54.2 Å². The van der Waals surface area contributed by atoms with Crippen LogP contribution < -0.4 is 10.1 Å². The molecule has 3 aromatic rings. The molecule has 0 saturated carbocycles. The molecule has 0 aliphatic heterocycles. The van der Waals surface area contributed by atoms with Crippen molar-refractivity contribution in [3.63, 3.8) is 0 Å². The van der Waals surface area contributed by atoms with E-state index in [0.717, 1.165) is 6.42 Å². The van der Waals surface area contributed by atoms with E-state index in [-0.39, 0.29) is 21.0 Å². The first kappa shape index (κ1) is 24.9. The predicted molar refractivity (Wildman–Crippen MR) is 122 cm³/mol. The van der Waals surface area contributed by atoms with Gasteiger partial charge in [0.2, 0.25) is 9.84 Å². The smallest absolute Gasteiger partial charge is 0.322 e. The fourth-order valence-electron chi connectivity index (χ4n) is 3.06. The number of sulfone groups is 1. The number of carbonyl (C=O) groups excluding carboxylic acids is 1. The molecule has 0 unspecified atom stereocenters. The van der Waals surface area contributed by atoms with Gasteiger partial charge in [-0.3, -0.25) is 9.59 Å². The first-order valence-corrected chi connectivity index (χ1v) is 11.9. The number of benzene rings is 2. The number of aromatic nitrogens is 1. The van der Waals surface area contributed by atoms with Crippen LogP contribution in [-0.2, 0) is 19.4 Å². The molecule has 180 valence electrons. The number of aromatic hydroxyl groups is 1. The Morgan fingerprint density at radius 1 is 1.03 bits per heavy atom. The van der Waals surface area contributed by atoms with Crippen LogP contribution in [0.5, 0.6) is 11.5 Å². The van der Waals surface area contributed by atoms with Gasteiger partial charge in [-0.2, -0.15) is 0 Å². The molecule has 1 amide bonds. The first-order valence-electron chi connectivity index (χ1n) is 10.4. The van der Waals surface area contributed by atoms with Crippen LogP contribution in [0.3, 0.4) is 0 Å². The zero-order valence-electron chi connectivity index (χ0n) is 18.4. The summed E-state index contributed by atoms with van der Waals surface area (Å²) >= 11 is 0. The molecule has 11 heteroatoms. The number of nitrogens with one attached hydrogen (secondary N) is 1. The molecule has 10 nitrogen and oxygen atoms in total. The van der Waals surface area contributed by atoms with E-state index in [1.807, 2.05) is 6.92 Å². The number of carboxylic acid groups (broad SMARTS) is 1. The number of aliphatic carboxylic acids is 1. The zero-order valence-corrected chi connectivity index (χ0v) is 19.2. The number of hydrogen-bond acceptors (Lipinski definition) is 8. The van der Waals surface area contributed by atoms with Crippen molar-refractivity contribution in [1.29, 1.82) is 0 Å². The molecule has 1 aromatic heterocycles. The predicted octanol–water partition coefficient (Wildman–Crippen LogP) is 2.39. The molecule has 0 bridgehead atoms. The molecular weight excluding hydrogens is 464 g/mol. The number of pyridine rings is 1. The van der Waals surface area contributed by atoms with Gasteiger partial charge >= 0.3 is 5.97 Å². The Hall–Kier alpha value is -3.70. The van der Waals surface area contributed by atoms with Gasteiger partial charge in [-0.15, -0.1) is 0 Å². The number of carbonyl (C=O) groups is 2. The summed E-state index contributed by atoms with van der Waals surface area (Å²) in [5.41, 5.74) is -0.103. The van der Waals surface area contributed by atoms with Crippen LogP contribution in [-0.4, -0.2) is 61.9 Å². The largest absolute Gasteiger partial charge is 0.505 e. The number of carboxylic acids is 1. The second-order valence-corrected chi connectivity index (χ2v) is 9.11. The minimum atomic E-state index is -3.87. The fourth-order valence-corrected chi connectivity index (χ4v) is 4.36. The molecule has 0 aliphatic carbocycles. The summed E-state index contributed by atoms with van der Waals surface area (Å²) in [5.74, 6) is -2.07. The quantitative estimate of drug-likeness (QED) is 0.345. The average Bonchev–Trinajstić information content (AvgIpc) is 2.81. The van der Waals surface area contributed by atoms with E-state index in [1.54, 1.807) is 12.1 Å². The standard InChI is InChI=1S/C23H24N2O8S/c1-2-32-10-3-11-33-16-4-6-17(7-5-16)34(30,31)18-8-9-19-15(12-18)13-20(26)22(25-19)23(29)24-14-21(27)28/h4-9,12-13,26H,2-3,10-11,14H2,1H3,(H,24,29)(H,27,28). The van der Waals surface area contributed by atoms with Crippen molar-refractivity contribution in [2.24, 2.45) is 0 Å². The van der Waals surface area contributed by atoms with E-state index in [0.29, 0.717) is 31.0 Å². The molecule has 34 heavy (non-hydrogen) atoms. The highest BCUT2D eigenvalue weighted by Crippen LogP contribution is 2.28. The lowest BCUT2D eigenvalue weighted by Gasteiger charge is -2.10. The lowest BCUT2D eigenvalue weighted by atomic mass is 10.2. The maximum atomic E-state index is 13.1. The number of rotatable bonds is 11. The maximum Gasteiger partial charge on any atom is 0.322 e. The molecule has 0 saturated heterocycles. The molecule has 0 fully saturated rings. The van der Waals surface area contributed by atoms with E-state index in [1.165, 1.54) is 36.4 Å². The number of fused-ring (bicyclic) bond motifs is 1. The highest BCUT2D eigenvalue weighted by atomic mass is 32.2. The number of nitrogens with zero attached hydrogens (tertiary/aromatic N) is 1. The topological polar surface area (TPSA) is 152 Å². The van der Waals surface area contributed by atoms with Gasteiger partial charge in [-0.25, -0.2) is 13.4 Å². The molecule has 3 rings (SSSR count). The third-order valence-electron chi connectivity index (χ3n) is 4.73. The molecule has 3 N–H and O–H groups in total. The Balaban J connectivity index is 1.79. The molecule has 0 aliphatic rings. The van der Waals surface area contributed by atoms with Crippen molar-refractivity contribution < 1.29 is 37.7 Å². The number of ether oxygens (including phenoxy) is 2. The molecule has 2 aromatic carbocycles. The Morgan fingerprint density at radius 2 is 1.74 bits per heavy atom. The SMILES string of the molecule is CCOCCCOc1ccc(S(=O)(=O)c2ccc3nc(C(=O)NCC(=O)O)c(O)cc3c2)cc1. The van der Waals surface area contributed by atoms with Crippen molar-refractivity contribution in [2.45, 2.75) is 23.1 Å². The van der Waals surface area contributed by atoms with Gasteiger partial charge in [-0.1, -0.05) is 0 Å². The summed E-state index contributed by atoms with van der Waals surface area (Å²) in [5, 5.41) is 21.2. The Bertz CT molecular complexity index is 1290. The monoisotopic (exact) mass is 488 g/mol. The van der Waals surface area contributed by atoms with Crippen molar-refractivity contribution in [3.8, 4) is 11.5 Å². The van der Waals surface area contributed by atoms with E-state index in [2.05, 4.69) is 10.3 Å². The van der Waals surface area contributed by atoms with Gasteiger partial charge < -0.3 is 25.0 Å². The third kappa shape index (κ3) is 6.00. The van der Waals surface area contributed by atoms with Crippen LogP contribution in [0.25, 0.3) is 10.9 Å². The minimum absolute atomic E-state index is 0.0188. The van der Waals surface area contributed by atoms with Crippen LogP contribution in [0.15, 0.2) is 58.3 Å². The van der Waals surface area contributed by atoms with Gasteiger partial charge in [0.1, 0.15) is 18.0 Å². The number of hydrogen-bond donors (Lipinski definition) is 3. The van der Waals surface area contributed by atoms with E-state index in [4.69, 9.17) is 14.6 Å². The second kappa shape index (κ2) is 10.9. The second-order valence-electron chi connectivity index (χ2n) is 7.16. The molecule has 1 heterocycles. The molecule has 0 spiro atoms. The summed E-state index contributed by atoms with van der Waals surface area (Å²) in [7, 11) is -3.87. The Morgan fingerprint density at radius 3 is 2.41 bits per heavy atom. The van der Waals surface area contributed by atoms with Crippen molar-refractivity contribution in [1.82, 2.24) is 10.3 Å². The summed E-state index contributed by atoms with van der Waals surface area (Å²) < 4.78 is 37.0. The highest BCUT2D eigenvalue weighted by Gasteiger charge is 2.20.